The minimum atomic E-state index is 0.230. The van der Waals surface area contributed by atoms with Gasteiger partial charge >= 0.3 is 0 Å². The van der Waals surface area contributed by atoms with Crippen molar-refractivity contribution in [2.75, 3.05) is 26.0 Å². The van der Waals surface area contributed by atoms with Gasteiger partial charge in [0.25, 0.3) is 0 Å². The molecule has 2 rings (SSSR count). The molecule has 0 spiro atoms. The number of likely N-dealkylation sites (N-methyl/N-ethyl adjacent to an activating group) is 1. The molecule has 0 saturated carbocycles. The van der Waals surface area contributed by atoms with Crippen LogP contribution >= 0.6 is 0 Å². The lowest BCUT2D eigenvalue weighted by Gasteiger charge is -2.22. The van der Waals surface area contributed by atoms with Crippen LogP contribution in [-0.2, 0) is 4.84 Å². The standard InChI is InChI=1S/C10H16N6O/c1-7(16(2)17-3)4-11-9-8-10(13-5-12-8)15-6-14-9/h5-7H,4H2,1-3H3,(H2,11,12,13,14,15). The molecule has 2 aromatic heterocycles. The smallest absolute Gasteiger partial charge is 0.182 e. The van der Waals surface area contributed by atoms with E-state index in [0.717, 1.165) is 17.9 Å². The van der Waals surface area contributed by atoms with E-state index < -0.39 is 0 Å². The third-order valence-corrected chi connectivity index (χ3v) is 2.70. The number of aromatic nitrogens is 4. The van der Waals surface area contributed by atoms with Gasteiger partial charge in [-0.2, -0.15) is 5.06 Å². The zero-order valence-corrected chi connectivity index (χ0v) is 10.1. The maximum absolute atomic E-state index is 5.11. The van der Waals surface area contributed by atoms with Crippen LogP contribution in [0.5, 0.6) is 0 Å². The molecule has 0 aliphatic rings. The van der Waals surface area contributed by atoms with Crippen molar-refractivity contribution < 1.29 is 4.84 Å². The van der Waals surface area contributed by atoms with Crippen LogP contribution in [0.2, 0.25) is 0 Å². The average molecular weight is 236 g/mol. The van der Waals surface area contributed by atoms with E-state index in [2.05, 4.69) is 32.2 Å². The predicted molar refractivity (Wildman–Crippen MR) is 64.4 cm³/mol. The van der Waals surface area contributed by atoms with Crippen LogP contribution in [0.1, 0.15) is 6.92 Å². The molecule has 0 saturated heterocycles. The van der Waals surface area contributed by atoms with Gasteiger partial charge in [0.1, 0.15) is 11.8 Å². The summed E-state index contributed by atoms with van der Waals surface area (Å²) in [6.07, 6.45) is 3.10. The summed E-state index contributed by atoms with van der Waals surface area (Å²) in [6.45, 7) is 2.78. The Kier molecular flexibility index (Phi) is 3.50. The first kappa shape index (κ1) is 11.7. The van der Waals surface area contributed by atoms with Crippen LogP contribution in [-0.4, -0.2) is 51.7 Å². The highest BCUT2D eigenvalue weighted by Gasteiger charge is 2.10. The third-order valence-electron chi connectivity index (χ3n) is 2.70. The lowest BCUT2D eigenvalue weighted by Crippen LogP contribution is -2.34. The van der Waals surface area contributed by atoms with Gasteiger partial charge in [0, 0.05) is 19.6 Å². The fraction of sp³-hybridized carbons (Fsp3) is 0.500. The first-order valence-electron chi connectivity index (χ1n) is 5.37. The van der Waals surface area contributed by atoms with E-state index in [1.165, 1.54) is 6.33 Å². The Morgan fingerprint density at radius 1 is 1.47 bits per heavy atom. The van der Waals surface area contributed by atoms with E-state index in [1.807, 2.05) is 7.05 Å². The normalized spacial score (nSPS) is 13.2. The number of nitrogens with zero attached hydrogens (tertiary/aromatic N) is 4. The monoisotopic (exact) mass is 236 g/mol. The summed E-state index contributed by atoms with van der Waals surface area (Å²) in [5, 5.41) is 5.02. The number of anilines is 1. The molecule has 2 heterocycles. The van der Waals surface area contributed by atoms with Gasteiger partial charge in [-0.05, 0) is 6.92 Å². The van der Waals surface area contributed by atoms with Crippen molar-refractivity contribution in [3.8, 4) is 0 Å². The Morgan fingerprint density at radius 3 is 3.06 bits per heavy atom. The van der Waals surface area contributed by atoms with E-state index in [9.17, 15) is 0 Å². The molecule has 0 aromatic carbocycles. The van der Waals surface area contributed by atoms with E-state index >= 15 is 0 Å². The summed E-state index contributed by atoms with van der Waals surface area (Å²) in [4.78, 5) is 20.4. The highest BCUT2D eigenvalue weighted by Crippen LogP contribution is 2.14. The lowest BCUT2D eigenvalue weighted by atomic mass is 10.3. The SMILES string of the molecule is CON(C)C(C)CNc1ncnc2nc[nH]c12. The molecule has 7 nitrogen and oxygen atoms in total. The highest BCUT2D eigenvalue weighted by molar-refractivity contribution is 5.81. The zero-order valence-electron chi connectivity index (χ0n) is 10.1. The first-order valence-corrected chi connectivity index (χ1v) is 5.37. The van der Waals surface area contributed by atoms with E-state index in [4.69, 9.17) is 4.84 Å². The van der Waals surface area contributed by atoms with Crippen LogP contribution in [0.3, 0.4) is 0 Å². The van der Waals surface area contributed by atoms with Gasteiger partial charge in [0.05, 0.1) is 13.4 Å². The molecule has 0 fully saturated rings. The molecular formula is C10H16N6O. The van der Waals surface area contributed by atoms with E-state index in [0.29, 0.717) is 5.65 Å². The van der Waals surface area contributed by atoms with Gasteiger partial charge in [-0.1, -0.05) is 0 Å². The molecule has 0 radical (unpaired) electrons. The van der Waals surface area contributed by atoms with Crippen molar-refractivity contribution in [3.05, 3.63) is 12.7 Å². The molecule has 2 N–H and O–H groups in total. The Hall–Kier alpha value is -1.73. The topological polar surface area (TPSA) is 79.0 Å². The summed E-state index contributed by atoms with van der Waals surface area (Å²) in [5.41, 5.74) is 1.48. The van der Waals surface area contributed by atoms with E-state index in [1.54, 1.807) is 18.5 Å². The van der Waals surface area contributed by atoms with E-state index in [-0.39, 0.29) is 6.04 Å². The Bertz CT molecular complexity index is 484. The van der Waals surface area contributed by atoms with Crippen molar-refractivity contribution >= 4 is 17.0 Å². The van der Waals surface area contributed by atoms with Crippen LogP contribution in [0.25, 0.3) is 11.2 Å². The second-order valence-corrected chi connectivity index (χ2v) is 3.78. The Labute approximate surface area is 99.2 Å². The van der Waals surface area contributed by atoms with Crippen LogP contribution in [0.15, 0.2) is 12.7 Å². The van der Waals surface area contributed by atoms with Crippen molar-refractivity contribution in [3.63, 3.8) is 0 Å². The van der Waals surface area contributed by atoms with Crippen molar-refractivity contribution in [2.45, 2.75) is 13.0 Å². The number of aromatic amines is 1. The predicted octanol–water partition coefficient (Wildman–Crippen LogP) is 0.646. The second kappa shape index (κ2) is 5.07. The fourth-order valence-electron chi connectivity index (χ4n) is 1.45. The third kappa shape index (κ3) is 2.51. The van der Waals surface area contributed by atoms with Gasteiger partial charge in [0.2, 0.25) is 0 Å². The van der Waals surface area contributed by atoms with Crippen LogP contribution in [0, 0.1) is 0 Å². The largest absolute Gasteiger partial charge is 0.367 e. The fourth-order valence-corrected chi connectivity index (χ4v) is 1.45. The van der Waals surface area contributed by atoms with Gasteiger partial charge in [-0.3, -0.25) is 0 Å². The molecule has 0 aliphatic heterocycles. The summed E-state index contributed by atoms with van der Waals surface area (Å²) in [6, 6.07) is 0.230. The molecule has 7 heteroatoms. The molecule has 2 aromatic rings. The second-order valence-electron chi connectivity index (χ2n) is 3.78. The molecule has 17 heavy (non-hydrogen) atoms. The number of H-pyrrole nitrogens is 1. The van der Waals surface area contributed by atoms with Gasteiger partial charge in [-0.15, -0.1) is 0 Å². The summed E-state index contributed by atoms with van der Waals surface area (Å²) < 4.78 is 0. The first-order chi connectivity index (χ1) is 8.22. The summed E-state index contributed by atoms with van der Waals surface area (Å²) >= 11 is 0. The van der Waals surface area contributed by atoms with Crippen molar-refractivity contribution in [2.24, 2.45) is 0 Å². The molecule has 1 atom stereocenters. The maximum atomic E-state index is 5.11. The van der Waals surface area contributed by atoms with Gasteiger partial charge in [-0.25, -0.2) is 15.0 Å². The summed E-state index contributed by atoms with van der Waals surface area (Å²) in [7, 11) is 3.53. The van der Waals surface area contributed by atoms with Gasteiger partial charge < -0.3 is 15.1 Å². The molecule has 1 unspecified atom stereocenters. The van der Waals surface area contributed by atoms with Crippen LogP contribution < -0.4 is 5.32 Å². The molecule has 0 amide bonds. The minimum Gasteiger partial charge on any atom is -0.367 e. The quantitative estimate of drug-likeness (QED) is 0.742. The molecule has 92 valence electrons. The number of fused-ring (bicyclic) bond motifs is 1. The average Bonchev–Trinajstić information content (AvgIpc) is 2.83. The minimum absolute atomic E-state index is 0.230. The highest BCUT2D eigenvalue weighted by atomic mass is 16.7. The molecular weight excluding hydrogens is 220 g/mol. The molecule has 0 aliphatic carbocycles. The zero-order chi connectivity index (χ0) is 12.3. The lowest BCUT2D eigenvalue weighted by molar-refractivity contribution is -0.132. The number of nitrogens with one attached hydrogen (secondary N) is 2. The van der Waals surface area contributed by atoms with Gasteiger partial charge in [0.15, 0.2) is 11.5 Å². The number of rotatable bonds is 5. The van der Waals surface area contributed by atoms with Crippen molar-refractivity contribution in [1.82, 2.24) is 25.0 Å². The van der Waals surface area contributed by atoms with Crippen molar-refractivity contribution in [1.29, 1.82) is 0 Å². The van der Waals surface area contributed by atoms with Crippen LogP contribution in [0.4, 0.5) is 5.82 Å². The number of imidazole rings is 1. The maximum Gasteiger partial charge on any atom is 0.182 e. The Morgan fingerprint density at radius 2 is 2.29 bits per heavy atom. The molecule has 0 bridgehead atoms. The number of hydroxylamine groups is 2. The summed E-state index contributed by atoms with van der Waals surface area (Å²) in [5.74, 6) is 0.754. The Balaban J connectivity index is 2.06. The number of hydrogen-bond donors (Lipinski definition) is 2. The number of hydrogen-bond acceptors (Lipinski definition) is 6.